The van der Waals surface area contributed by atoms with Gasteiger partial charge in [-0.3, -0.25) is 0 Å². The van der Waals surface area contributed by atoms with Crippen LogP contribution < -0.4 is 5.32 Å². The Hall–Kier alpha value is -1.06. The summed E-state index contributed by atoms with van der Waals surface area (Å²) in [6, 6.07) is 6.61. The molecule has 0 radical (unpaired) electrons. The molecule has 1 aromatic carbocycles. The zero-order valence-electron chi connectivity index (χ0n) is 9.91. The van der Waals surface area contributed by atoms with Crippen molar-refractivity contribution in [3.63, 3.8) is 0 Å². The molecule has 3 nitrogen and oxygen atoms in total. The molecule has 1 heterocycles. The Morgan fingerprint density at radius 1 is 1.47 bits per heavy atom. The summed E-state index contributed by atoms with van der Waals surface area (Å²) in [5.74, 6) is 1.12. The maximum atomic E-state index is 6.00. The average Bonchev–Trinajstić information content (AvgIpc) is 3.08. The van der Waals surface area contributed by atoms with Gasteiger partial charge >= 0.3 is 0 Å². The lowest BCUT2D eigenvalue weighted by Crippen LogP contribution is -2.20. The number of hydrogen-bond donors (Lipinski definition) is 1. The number of nitrogens with zero attached hydrogens (tertiary/aromatic N) is 2. The fourth-order valence-corrected chi connectivity index (χ4v) is 2.28. The Kier molecular flexibility index (Phi) is 2.81. The molecule has 1 aliphatic carbocycles. The molecule has 3 rings (SSSR count). The van der Waals surface area contributed by atoms with Gasteiger partial charge in [0, 0.05) is 31.1 Å². The Labute approximate surface area is 106 Å². The van der Waals surface area contributed by atoms with Crippen molar-refractivity contribution in [2.24, 2.45) is 7.05 Å². The second-order valence-electron chi connectivity index (χ2n) is 4.70. The topological polar surface area (TPSA) is 29.9 Å². The highest BCUT2D eigenvalue weighted by atomic mass is 35.5. The highest BCUT2D eigenvalue weighted by molar-refractivity contribution is 6.31. The predicted octanol–water partition coefficient (Wildman–Crippen LogP) is 2.52. The number of benzene rings is 1. The molecule has 0 spiro atoms. The van der Waals surface area contributed by atoms with Crippen molar-refractivity contribution in [3.05, 3.63) is 29.0 Å². The number of aromatic nitrogens is 2. The zero-order valence-corrected chi connectivity index (χ0v) is 10.7. The van der Waals surface area contributed by atoms with E-state index in [4.69, 9.17) is 11.6 Å². The van der Waals surface area contributed by atoms with E-state index in [1.807, 2.05) is 18.2 Å². The van der Waals surface area contributed by atoms with Gasteiger partial charge in [-0.2, -0.15) is 0 Å². The van der Waals surface area contributed by atoms with Gasteiger partial charge in [-0.15, -0.1) is 0 Å². The summed E-state index contributed by atoms with van der Waals surface area (Å²) >= 11 is 6.00. The van der Waals surface area contributed by atoms with Crippen molar-refractivity contribution in [1.29, 1.82) is 0 Å². The molecule has 0 bridgehead atoms. The summed E-state index contributed by atoms with van der Waals surface area (Å²) in [7, 11) is 2.05. The van der Waals surface area contributed by atoms with Crippen LogP contribution in [0.5, 0.6) is 0 Å². The quantitative estimate of drug-likeness (QED) is 0.903. The molecule has 90 valence electrons. The number of halogens is 1. The normalized spacial score (nSPS) is 15.6. The molecule has 0 saturated heterocycles. The summed E-state index contributed by atoms with van der Waals surface area (Å²) in [5.41, 5.74) is 2.14. The zero-order chi connectivity index (χ0) is 11.8. The first-order valence-corrected chi connectivity index (χ1v) is 6.46. The van der Waals surface area contributed by atoms with Gasteiger partial charge in [-0.05, 0) is 31.0 Å². The van der Waals surface area contributed by atoms with Crippen LogP contribution in [0.2, 0.25) is 5.02 Å². The molecule has 1 aromatic heterocycles. The van der Waals surface area contributed by atoms with Gasteiger partial charge in [0.15, 0.2) is 0 Å². The molecule has 1 aliphatic rings. The van der Waals surface area contributed by atoms with E-state index in [0.29, 0.717) is 0 Å². The maximum absolute atomic E-state index is 6.00. The van der Waals surface area contributed by atoms with E-state index in [0.717, 1.165) is 40.9 Å². The van der Waals surface area contributed by atoms with Crippen molar-refractivity contribution >= 4 is 22.6 Å². The first-order chi connectivity index (χ1) is 8.24. The lowest BCUT2D eigenvalue weighted by molar-refractivity contribution is 0.654. The van der Waals surface area contributed by atoms with Gasteiger partial charge < -0.3 is 9.88 Å². The van der Waals surface area contributed by atoms with Crippen LogP contribution in [-0.4, -0.2) is 22.1 Å². The third kappa shape index (κ3) is 2.31. The molecule has 1 fully saturated rings. The van der Waals surface area contributed by atoms with Crippen molar-refractivity contribution < 1.29 is 0 Å². The minimum atomic E-state index is 0.763. The van der Waals surface area contributed by atoms with Gasteiger partial charge in [0.2, 0.25) is 0 Å². The van der Waals surface area contributed by atoms with E-state index in [1.54, 1.807) is 0 Å². The largest absolute Gasteiger partial charge is 0.331 e. The smallest absolute Gasteiger partial charge is 0.110 e. The van der Waals surface area contributed by atoms with Crippen molar-refractivity contribution in [3.8, 4) is 0 Å². The lowest BCUT2D eigenvalue weighted by atomic mass is 10.3. The number of imidazole rings is 1. The van der Waals surface area contributed by atoms with E-state index in [1.165, 1.54) is 12.8 Å². The van der Waals surface area contributed by atoms with Crippen LogP contribution in [0.4, 0.5) is 0 Å². The summed E-state index contributed by atoms with van der Waals surface area (Å²) in [5, 5.41) is 4.28. The highest BCUT2D eigenvalue weighted by Crippen LogP contribution is 2.21. The summed E-state index contributed by atoms with van der Waals surface area (Å²) in [6.07, 6.45) is 3.63. The summed E-state index contributed by atoms with van der Waals surface area (Å²) < 4.78 is 2.13. The van der Waals surface area contributed by atoms with Gasteiger partial charge in [-0.1, -0.05) is 11.6 Å². The molecular weight excluding hydrogens is 234 g/mol. The molecule has 0 aliphatic heterocycles. The Balaban J connectivity index is 1.80. The second-order valence-corrected chi connectivity index (χ2v) is 5.13. The average molecular weight is 250 g/mol. The van der Waals surface area contributed by atoms with Crippen LogP contribution in [0.1, 0.15) is 18.7 Å². The Morgan fingerprint density at radius 3 is 3.06 bits per heavy atom. The highest BCUT2D eigenvalue weighted by Gasteiger charge is 2.20. The molecule has 4 heteroatoms. The standard InChI is InChI=1S/C13H16ClN3/c1-17-12-8-9(14)2-5-11(12)16-13(17)6-7-15-10-3-4-10/h2,5,8,10,15H,3-4,6-7H2,1H3. The minimum Gasteiger partial charge on any atom is -0.331 e. The van der Waals surface area contributed by atoms with Crippen LogP contribution in [0.3, 0.4) is 0 Å². The number of aryl methyl sites for hydroxylation is 1. The van der Waals surface area contributed by atoms with E-state index >= 15 is 0 Å². The number of rotatable bonds is 4. The summed E-state index contributed by atoms with van der Waals surface area (Å²) in [4.78, 5) is 4.63. The second kappa shape index (κ2) is 4.31. The first kappa shape index (κ1) is 11.1. The van der Waals surface area contributed by atoms with Crippen molar-refractivity contribution in [2.45, 2.75) is 25.3 Å². The van der Waals surface area contributed by atoms with Gasteiger partial charge in [0.25, 0.3) is 0 Å². The summed E-state index contributed by atoms with van der Waals surface area (Å²) in [6.45, 7) is 1.01. The molecule has 0 amide bonds. The third-order valence-electron chi connectivity index (χ3n) is 3.29. The molecule has 0 atom stereocenters. The van der Waals surface area contributed by atoms with E-state index in [2.05, 4.69) is 21.9 Å². The van der Waals surface area contributed by atoms with Gasteiger partial charge in [0.05, 0.1) is 11.0 Å². The van der Waals surface area contributed by atoms with Crippen molar-refractivity contribution in [2.75, 3.05) is 6.54 Å². The number of hydrogen-bond acceptors (Lipinski definition) is 2. The Morgan fingerprint density at radius 2 is 2.29 bits per heavy atom. The van der Waals surface area contributed by atoms with Gasteiger partial charge in [0.1, 0.15) is 5.82 Å². The van der Waals surface area contributed by atoms with E-state index in [9.17, 15) is 0 Å². The van der Waals surface area contributed by atoms with Crippen LogP contribution >= 0.6 is 11.6 Å². The third-order valence-corrected chi connectivity index (χ3v) is 3.53. The lowest BCUT2D eigenvalue weighted by Gasteiger charge is -2.03. The van der Waals surface area contributed by atoms with Gasteiger partial charge in [-0.25, -0.2) is 4.98 Å². The van der Waals surface area contributed by atoms with E-state index < -0.39 is 0 Å². The van der Waals surface area contributed by atoms with Crippen LogP contribution in [0.15, 0.2) is 18.2 Å². The first-order valence-electron chi connectivity index (χ1n) is 6.08. The van der Waals surface area contributed by atoms with Crippen molar-refractivity contribution in [1.82, 2.24) is 14.9 Å². The molecule has 1 N–H and O–H groups in total. The molecule has 1 saturated carbocycles. The number of fused-ring (bicyclic) bond motifs is 1. The minimum absolute atomic E-state index is 0.763. The predicted molar refractivity (Wildman–Crippen MR) is 70.5 cm³/mol. The monoisotopic (exact) mass is 249 g/mol. The van der Waals surface area contributed by atoms with Crippen LogP contribution in [0, 0.1) is 0 Å². The maximum Gasteiger partial charge on any atom is 0.110 e. The molecule has 0 unspecified atom stereocenters. The van der Waals surface area contributed by atoms with Crippen LogP contribution in [-0.2, 0) is 13.5 Å². The fourth-order valence-electron chi connectivity index (χ4n) is 2.11. The SMILES string of the molecule is Cn1c(CCNC2CC2)nc2ccc(Cl)cc21. The molecule has 2 aromatic rings. The van der Waals surface area contributed by atoms with E-state index in [-0.39, 0.29) is 0 Å². The molecule has 17 heavy (non-hydrogen) atoms. The molecular formula is C13H16ClN3. The van der Waals surface area contributed by atoms with Crippen LogP contribution in [0.25, 0.3) is 11.0 Å². The Bertz CT molecular complexity index is 543. The number of nitrogens with one attached hydrogen (secondary N) is 1. The fraction of sp³-hybridized carbons (Fsp3) is 0.462.